The highest BCUT2D eigenvalue weighted by Gasteiger charge is 2.15. The van der Waals surface area contributed by atoms with E-state index >= 15 is 0 Å². The SMILES string of the molecule is COC(=O)c1ccc(NC2CCOCC2)nc1C. The molecule has 1 aliphatic heterocycles. The van der Waals surface area contributed by atoms with Gasteiger partial charge in [-0.25, -0.2) is 9.78 Å². The first-order valence-electron chi connectivity index (χ1n) is 6.11. The van der Waals surface area contributed by atoms with Gasteiger partial charge in [0.05, 0.1) is 18.4 Å². The van der Waals surface area contributed by atoms with Gasteiger partial charge >= 0.3 is 5.97 Å². The maximum absolute atomic E-state index is 11.4. The summed E-state index contributed by atoms with van der Waals surface area (Å²) in [6.45, 7) is 3.38. The lowest BCUT2D eigenvalue weighted by Crippen LogP contribution is -2.28. The van der Waals surface area contributed by atoms with Gasteiger partial charge < -0.3 is 14.8 Å². The van der Waals surface area contributed by atoms with Crippen LogP contribution in [-0.4, -0.2) is 37.3 Å². The van der Waals surface area contributed by atoms with Crippen molar-refractivity contribution in [2.75, 3.05) is 25.6 Å². The molecule has 0 saturated carbocycles. The van der Waals surface area contributed by atoms with Crippen molar-refractivity contribution >= 4 is 11.8 Å². The number of rotatable bonds is 3. The van der Waals surface area contributed by atoms with E-state index in [0.29, 0.717) is 17.3 Å². The van der Waals surface area contributed by atoms with Crippen molar-refractivity contribution in [2.24, 2.45) is 0 Å². The third-order valence-corrected chi connectivity index (χ3v) is 3.06. The number of aryl methyl sites for hydroxylation is 1. The van der Waals surface area contributed by atoms with Gasteiger partial charge in [0, 0.05) is 19.3 Å². The second-order valence-corrected chi connectivity index (χ2v) is 4.35. The molecule has 1 aromatic rings. The third kappa shape index (κ3) is 2.98. The average Bonchev–Trinajstić information content (AvgIpc) is 2.39. The van der Waals surface area contributed by atoms with E-state index in [4.69, 9.17) is 9.47 Å². The van der Waals surface area contributed by atoms with Crippen LogP contribution >= 0.6 is 0 Å². The van der Waals surface area contributed by atoms with Gasteiger partial charge in [-0.2, -0.15) is 0 Å². The lowest BCUT2D eigenvalue weighted by atomic mass is 10.1. The molecule has 1 aromatic heterocycles. The van der Waals surface area contributed by atoms with Crippen molar-refractivity contribution in [3.63, 3.8) is 0 Å². The van der Waals surface area contributed by atoms with Crippen molar-refractivity contribution < 1.29 is 14.3 Å². The molecule has 0 amide bonds. The van der Waals surface area contributed by atoms with E-state index in [1.807, 2.05) is 6.07 Å². The Bertz CT molecular complexity index is 428. The normalized spacial score (nSPS) is 16.3. The summed E-state index contributed by atoms with van der Waals surface area (Å²) in [6.07, 6.45) is 1.97. The van der Waals surface area contributed by atoms with Crippen LogP contribution in [0.15, 0.2) is 12.1 Å². The van der Waals surface area contributed by atoms with Crippen LogP contribution in [0.25, 0.3) is 0 Å². The van der Waals surface area contributed by atoms with Crippen LogP contribution in [0.3, 0.4) is 0 Å². The van der Waals surface area contributed by atoms with E-state index in [9.17, 15) is 4.79 Å². The van der Waals surface area contributed by atoms with E-state index in [0.717, 1.165) is 31.9 Å². The van der Waals surface area contributed by atoms with Gasteiger partial charge in [0.2, 0.25) is 0 Å². The van der Waals surface area contributed by atoms with Gasteiger partial charge in [-0.15, -0.1) is 0 Å². The van der Waals surface area contributed by atoms with Crippen LogP contribution in [0.1, 0.15) is 28.9 Å². The summed E-state index contributed by atoms with van der Waals surface area (Å²) >= 11 is 0. The number of methoxy groups -OCH3 is 1. The number of pyridine rings is 1. The first kappa shape index (κ1) is 12.8. The molecule has 2 heterocycles. The van der Waals surface area contributed by atoms with Crippen LogP contribution in [0.4, 0.5) is 5.82 Å². The molecule has 2 rings (SSSR count). The third-order valence-electron chi connectivity index (χ3n) is 3.06. The van der Waals surface area contributed by atoms with Crippen molar-refractivity contribution in [3.05, 3.63) is 23.4 Å². The minimum atomic E-state index is -0.349. The van der Waals surface area contributed by atoms with Crippen LogP contribution in [0.5, 0.6) is 0 Å². The van der Waals surface area contributed by atoms with Crippen molar-refractivity contribution in [1.29, 1.82) is 0 Å². The Morgan fingerprint density at radius 2 is 2.17 bits per heavy atom. The Labute approximate surface area is 107 Å². The maximum atomic E-state index is 11.4. The van der Waals surface area contributed by atoms with E-state index in [1.165, 1.54) is 7.11 Å². The van der Waals surface area contributed by atoms with Crippen LogP contribution in [0.2, 0.25) is 0 Å². The first-order chi connectivity index (χ1) is 8.70. The number of carbonyl (C=O) groups is 1. The molecule has 0 atom stereocenters. The molecule has 0 aliphatic carbocycles. The molecular weight excluding hydrogens is 232 g/mol. The quantitative estimate of drug-likeness (QED) is 0.828. The molecule has 1 saturated heterocycles. The van der Waals surface area contributed by atoms with Gasteiger partial charge in [-0.1, -0.05) is 0 Å². The number of esters is 1. The number of nitrogens with zero attached hydrogens (tertiary/aromatic N) is 1. The number of ether oxygens (including phenoxy) is 2. The van der Waals surface area contributed by atoms with Gasteiger partial charge in [0.25, 0.3) is 0 Å². The molecule has 5 heteroatoms. The second-order valence-electron chi connectivity index (χ2n) is 4.35. The summed E-state index contributed by atoms with van der Waals surface area (Å²) < 4.78 is 10.00. The Kier molecular flexibility index (Phi) is 4.15. The number of nitrogens with one attached hydrogen (secondary N) is 1. The Balaban J connectivity index is 2.06. The molecule has 5 nitrogen and oxygen atoms in total. The molecule has 18 heavy (non-hydrogen) atoms. The summed E-state index contributed by atoms with van der Waals surface area (Å²) in [7, 11) is 1.37. The van der Waals surface area contributed by atoms with Crippen molar-refractivity contribution in [1.82, 2.24) is 4.98 Å². The Hall–Kier alpha value is -1.62. The van der Waals surface area contributed by atoms with Gasteiger partial charge in [-0.05, 0) is 31.9 Å². The van der Waals surface area contributed by atoms with Gasteiger partial charge in [0.15, 0.2) is 0 Å². The standard InChI is InChI=1S/C13H18N2O3/c1-9-11(13(16)17-2)3-4-12(14-9)15-10-5-7-18-8-6-10/h3-4,10H,5-8H2,1-2H3,(H,14,15). The first-order valence-corrected chi connectivity index (χ1v) is 6.11. The predicted molar refractivity (Wildman–Crippen MR) is 67.8 cm³/mol. The van der Waals surface area contributed by atoms with Crippen molar-refractivity contribution in [2.45, 2.75) is 25.8 Å². The van der Waals surface area contributed by atoms with Gasteiger partial charge in [-0.3, -0.25) is 0 Å². The van der Waals surface area contributed by atoms with E-state index < -0.39 is 0 Å². The van der Waals surface area contributed by atoms with Crippen molar-refractivity contribution in [3.8, 4) is 0 Å². The Morgan fingerprint density at radius 1 is 1.44 bits per heavy atom. The minimum Gasteiger partial charge on any atom is -0.465 e. The zero-order valence-electron chi connectivity index (χ0n) is 10.7. The summed E-state index contributed by atoms with van der Waals surface area (Å²) in [5, 5.41) is 3.36. The highest BCUT2D eigenvalue weighted by molar-refractivity contribution is 5.90. The van der Waals surface area contributed by atoms with E-state index in [2.05, 4.69) is 10.3 Å². The molecule has 1 N–H and O–H groups in total. The molecule has 98 valence electrons. The minimum absolute atomic E-state index is 0.349. The van der Waals surface area contributed by atoms with Crippen LogP contribution < -0.4 is 5.32 Å². The largest absolute Gasteiger partial charge is 0.465 e. The topological polar surface area (TPSA) is 60.5 Å². The van der Waals surface area contributed by atoms with Crippen LogP contribution in [0, 0.1) is 6.92 Å². The fourth-order valence-corrected chi connectivity index (χ4v) is 2.02. The molecule has 0 aromatic carbocycles. The zero-order valence-corrected chi connectivity index (χ0v) is 10.7. The molecule has 0 unspecified atom stereocenters. The fourth-order valence-electron chi connectivity index (χ4n) is 2.02. The molecule has 0 spiro atoms. The number of carbonyl (C=O) groups excluding carboxylic acids is 1. The van der Waals surface area contributed by atoms with E-state index in [-0.39, 0.29) is 5.97 Å². The highest BCUT2D eigenvalue weighted by atomic mass is 16.5. The second kappa shape index (κ2) is 5.82. The lowest BCUT2D eigenvalue weighted by Gasteiger charge is -2.23. The number of hydrogen-bond donors (Lipinski definition) is 1. The van der Waals surface area contributed by atoms with Gasteiger partial charge in [0.1, 0.15) is 5.82 Å². The summed E-state index contributed by atoms with van der Waals surface area (Å²) in [5.74, 6) is 0.449. The molecular formula is C13H18N2O3. The number of hydrogen-bond acceptors (Lipinski definition) is 5. The number of aromatic nitrogens is 1. The van der Waals surface area contributed by atoms with Crippen LogP contribution in [-0.2, 0) is 9.47 Å². The Morgan fingerprint density at radius 3 is 2.78 bits per heavy atom. The van der Waals surface area contributed by atoms with E-state index in [1.54, 1.807) is 13.0 Å². The molecule has 1 aliphatic rings. The maximum Gasteiger partial charge on any atom is 0.339 e. The molecule has 0 radical (unpaired) electrons. The fraction of sp³-hybridized carbons (Fsp3) is 0.538. The average molecular weight is 250 g/mol. The smallest absolute Gasteiger partial charge is 0.339 e. The highest BCUT2D eigenvalue weighted by Crippen LogP contribution is 2.16. The summed E-state index contributed by atoms with van der Waals surface area (Å²) in [6, 6.07) is 3.96. The zero-order chi connectivity index (χ0) is 13.0. The lowest BCUT2D eigenvalue weighted by molar-refractivity contribution is 0.0599. The summed E-state index contributed by atoms with van der Waals surface area (Å²) in [5.41, 5.74) is 1.19. The molecule has 1 fully saturated rings. The molecule has 0 bridgehead atoms. The monoisotopic (exact) mass is 250 g/mol. The number of anilines is 1. The summed E-state index contributed by atoms with van der Waals surface area (Å²) in [4.78, 5) is 15.8. The predicted octanol–water partition coefficient (Wildman–Crippen LogP) is 1.77.